The largest absolute Gasteiger partial charge is 0.463 e. The molecule has 0 spiro atoms. The Kier molecular flexibility index (Phi) is 8.57. The van der Waals surface area contributed by atoms with Crippen molar-refractivity contribution in [3.8, 4) is 11.1 Å². The minimum absolute atomic E-state index is 0.255. The average molecular weight is 286 g/mol. The minimum atomic E-state index is -0.255. The van der Waals surface area contributed by atoms with Crippen molar-refractivity contribution >= 4 is 5.97 Å². The quantitative estimate of drug-likeness (QED) is 0.617. The molecule has 112 valence electrons. The Bertz CT molecular complexity index is 457. The summed E-state index contributed by atoms with van der Waals surface area (Å²) < 4.78 is 9.49. The Labute approximate surface area is 126 Å². The maximum atomic E-state index is 10.1. The van der Waals surface area contributed by atoms with E-state index in [0.717, 1.165) is 0 Å². The highest BCUT2D eigenvalue weighted by Crippen LogP contribution is 2.17. The summed E-state index contributed by atoms with van der Waals surface area (Å²) in [7, 11) is 0. The van der Waals surface area contributed by atoms with Crippen LogP contribution in [0.2, 0.25) is 0 Å². The smallest absolute Gasteiger partial charge is 0.302 e. The van der Waals surface area contributed by atoms with Gasteiger partial charge in [0.15, 0.2) is 0 Å². The average Bonchev–Trinajstić information content (AvgIpc) is 2.54. The molecular weight excluding hydrogens is 264 g/mol. The van der Waals surface area contributed by atoms with Crippen molar-refractivity contribution in [2.24, 2.45) is 0 Å². The van der Waals surface area contributed by atoms with Gasteiger partial charge in [-0.15, -0.1) is 0 Å². The Morgan fingerprint density at radius 3 is 1.71 bits per heavy atom. The minimum Gasteiger partial charge on any atom is -0.463 e. The van der Waals surface area contributed by atoms with Crippen LogP contribution < -0.4 is 0 Å². The summed E-state index contributed by atoms with van der Waals surface area (Å²) >= 11 is 0. The zero-order valence-corrected chi connectivity index (χ0v) is 12.6. The van der Waals surface area contributed by atoms with E-state index in [0.29, 0.717) is 19.8 Å². The first-order valence-electron chi connectivity index (χ1n) is 7.05. The van der Waals surface area contributed by atoms with Gasteiger partial charge >= 0.3 is 5.97 Å². The first-order valence-corrected chi connectivity index (χ1v) is 7.05. The van der Waals surface area contributed by atoms with Crippen LogP contribution in [-0.4, -0.2) is 25.8 Å². The number of hydrogen-bond donors (Lipinski definition) is 0. The Morgan fingerprint density at radius 1 is 0.857 bits per heavy atom. The molecule has 0 bridgehead atoms. The molecule has 2 aromatic rings. The molecule has 0 N–H and O–H groups in total. The lowest BCUT2D eigenvalue weighted by Gasteiger charge is -1.99. The molecule has 3 nitrogen and oxygen atoms in total. The molecule has 0 atom stereocenters. The topological polar surface area (TPSA) is 35.5 Å². The molecule has 0 amide bonds. The van der Waals surface area contributed by atoms with Crippen molar-refractivity contribution in [2.75, 3.05) is 19.8 Å². The molecule has 0 saturated heterocycles. The van der Waals surface area contributed by atoms with E-state index in [1.807, 2.05) is 19.1 Å². The second-order valence-corrected chi connectivity index (χ2v) is 4.27. The molecule has 0 aliphatic rings. The second-order valence-electron chi connectivity index (χ2n) is 4.27. The Balaban J connectivity index is 0.000000222. The van der Waals surface area contributed by atoms with Crippen LogP contribution in [0, 0.1) is 0 Å². The third-order valence-electron chi connectivity index (χ3n) is 2.62. The van der Waals surface area contributed by atoms with Crippen molar-refractivity contribution in [1.29, 1.82) is 0 Å². The molecule has 0 aliphatic heterocycles. The van der Waals surface area contributed by atoms with Gasteiger partial charge < -0.3 is 9.47 Å². The van der Waals surface area contributed by atoms with Gasteiger partial charge in [0.25, 0.3) is 0 Å². The van der Waals surface area contributed by atoms with E-state index < -0.39 is 0 Å². The first-order chi connectivity index (χ1) is 10.2. The fourth-order valence-electron chi connectivity index (χ4n) is 1.65. The Hall–Kier alpha value is -2.13. The summed E-state index contributed by atoms with van der Waals surface area (Å²) in [6.45, 7) is 4.81. The lowest BCUT2D eigenvalue weighted by Crippen LogP contribution is -2.06. The summed E-state index contributed by atoms with van der Waals surface area (Å²) in [4.78, 5) is 10.1. The molecule has 0 unspecified atom stereocenters. The van der Waals surface area contributed by atoms with Gasteiger partial charge in [0.1, 0.15) is 6.61 Å². The molecule has 0 aromatic heterocycles. The van der Waals surface area contributed by atoms with Gasteiger partial charge in [-0.25, -0.2) is 0 Å². The Morgan fingerprint density at radius 2 is 1.33 bits per heavy atom. The van der Waals surface area contributed by atoms with E-state index in [4.69, 9.17) is 4.74 Å². The highest BCUT2D eigenvalue weighted by Gasteiger charge is 1.92. The van der Waals surface area contributed by atoms with Crippen LogP contribution in [0.15, 0.2) is 60.7 Å². The van der Waals surface area contributed by atoms with Gasteiger partial charge in [-0.05, 0) is 18.1 Å². The molecule has 3 heteroatoms. The van der Waals surface area contributed by atoms with E-state index in [1.54, 1.807) is 0 Å². The van der Waals surface area contributed by atoms with Gasteiger partial charge in [-0.2, -0.15) is 0 Å². The number of rotatable bonds is 5. The fourth-order valence-corrected chi connectivity index (χ4v) is 1.65. The van der Waals surface area contributed by atoms with Gasteiger partial charge in [0.2, 0.25) is 0 Å². The van der Waals surface area contributed by atoms with Crippen LogP contribution in [0.4, 0.5) is 0 Å². The number of carbonyl (C=O) groups excluding carboxylic acids is 1. The highest BCUT2D eigenvalue weighted by atomic mass is 16.6. The number of esters is 1. The molecule has 0 fully saturated rings. The van der Waals surface area contributed by atoms with Gasteiger partial charge in [0.05, 0.1) is 6.61 Å². The molecule has 0 heterocycles. The normalized spacial score (nSPS) is 9.43. The van der Waals surface area contributed by atoms with Crippen LogP contribution in [0.3, 0.4) is 0 Å². The van der Waals surface area contributed by atoms with Gasteiger partial charge in [-0.3, -0.25) is 4.79 Å². The predicted molar refractivity (Wildman–Crippen MR) is 85.0 cm³/mol. The van der Waals surface area contributed by atoms with Gasteiger partial charge in [-0.1, -0.05) is 60.7 Å². The standard InChI is InChI=1S/C12H10.C6H12O3/c1-3-7-11(8-4-1)12-9-5-2-6-10-12;1-3-8-4-5-9-6(2)7/h1-10H;3-5H2,1-2H3. The van der Waals surface area contributed by atoms with Crippen molar-refractivity contribution in [3.63, 3.8) is 0 Å². The van der Waals surface area contributed by atoms with Crippen molar-refractivity contribution < 1.29 is 14.3 Å². The van der Waals surface area contributed by atoms with E-state index in [1.165, 1.54) is 18.1 Å². The summed E-state index contributed by atoms with van der Waals surface area (Å²) in [5.74, 6) is -0.255. The summed E-state index contributed by atoms with van der Waals surface area (Å²) in [5, 5.41) is 0. The molecule has 0 radical (unpaired) electrons. The number of benzene rings is 2. The summed E-state index contributed by atoms with van der Waals surface area (Å²) in [5.41, 5.74) is 2.55. The molecule has 2 aromatic carbocycles. The van der Waals surface area contributed by atoms with E-state index >= 15 is 0 Å². The SMILES string of the molecule is CCOCCOC(C)=O.c1ccc(-c2ccccc2)cc1. The maximum absolute atomic E-state index is 10.1. The highest BCUT2D eigenvalue weighted by molar-refractivity contribution is 5.65. The zero-order valence-electron chi connectivity index (χ0n) is 12.6. The van der Waals surface area contributed by atoms with Crippen LogP contribution in [0.1, 0.15) is 13.8 Å². The third-order valence-corrected chi connectivity index (χ3v) is 2.62. The van der Waals surface area contributed by atoms with E-state index in [9.17, 15) is 4.79 Å². The zero-order chi connectivity index (χ0) is 15.3. The van der Waals surface area contributed by atoms with E-state index in [-0.39, 0.29) is 5.97 Å². The molecule has 2 rings (SSSR count). The summed E-state index contributed by atoms with van der Waals surface area (Å²) in [6, 6.07) is 20.8. The maximum Gasteiger partial charge on any atom is 0.302 e. The molecular formula is C18H22O3. The lowest BCUT2D eigenvalue weighted by atomic mass is 10.1. The molecule has 21 heavy (non-hydrogen) atoms. The van der Waals surface area contributed by atoms with Crippen molar-refractivity contribution in [1.82, 2.24) is 0 Å². The molecule has 0 saturated carbocycles. The van der Waals surface area contributed by atoms with Crippen LogP contribution in [0.25, 0.3) is 11.1 Å². The number of carbonyl (C=O) groups is 1. The van der Waals surface area contributed by atoms with Crippen molar-refractivity contribution in [3.05, 3.63) is 60.7 Å². The third kappa shape index (κ3) is 7.90. The molecule has 0 aliphatic carbocycles. The number of ether oxygens (including phenoxy) is 2. The predicted octanol–water partition coefficient (Wildman–Crippen LogP) is 3.94. The van der Waals surface area contributed by atoms with Crippen LogP contribution in [-0.2, 0) is 14.3 Å². The van der Waals surface area contributed by atoms with E-state index in [2.05, 4.69) is 53.3 Å². The van der Waals surface area contributed by atoms with Crippen molar-refractivity contribution in [2.45, 2.75) is 13.8 Å². The van der Waals surface area contributed by atoms with Crippen LogP contribution >= 0.6 is 0 Å². The van der Waals surface area contributed by atoms with Crippen LogP contribution in [0.5, 0.6) is 0 Å². The lowest BCUT2D eigenvalue weighted by molar-refractivity contribution is -0.142. The summed E-state index contributed by atoms with van der Waals surface area (Å²) in [6.07, 6.45) is 0. The first kappa shape index (κ1) is 16.9. The van der Waals surface area contributed by atoms with Gasteiger partial charge in [0, 0.05) is 13.5 Å². The second kappa shape index (κ2) is 10.6. The fraction of sp³-hybridized carbons (Fsp3) is 0.278. The monoisotopic (exact) mass is 286 g/mol. The number of hydrogen-bond acceptors (Lipinski definition) is 3.